The van der Waals surface area contributed by atoms with E-state index in [0.717, 1.165) is 10.6 Å². The Morgan fingerprint density at radius 3 is 2.48 bits per heavy atom. The van der Waals surface area contributed by atoms with E-state index in [2.05, 4.69) is 10.7 Å². The predicted octanol–water partition coefficient (Wildman–Crippen LogP) is 5.01. The molecular weight excluding hydrogens is 613 g/mol. The van der Waals surface area contributed by atoms with E-state index in [1.54, 1.807) is 42.5 Å². The molecule has 3 N–H and O–H groups in total. The van der Waals surface area contributed by atoms with Crippen molar-refractivity contribution in [3.05, 3.63) is 106 Å². The first-order valence-corrected chi connectivity index (χ1v) is 15.3. The van der Waals surface area contributed by atoms with Gasteiger partial charge in [0.1, 0.15) is 5.82 Å². The van der Waals surface area contributed by atoms with E-state index in [4.69, 9.17) is 16.3 Å². The van der Waals surface area contributed by atoms with Crippen LogP contribution in [0.1, 0.15) is 24.0 Å². The van der Waals surface area contributed by atoms with E-state index < -0.39 is 52.6 Å². The van der Waals surface area contributed by atoms with Crippen LogP contribution >= 0.6 is 11.6 Å². The number of hydrogen-bond acceptors (Lipinski definition) is 7. The second kappa shape index (κ2) is 11.1. The SMILES string of the molecule is COc1cc(C=CC2C3=CCC4C(=O)NC(=O)C4C3CC3C(=O)N(Nc4ccc(F)cc4)C(=O)C23c2ccc(Cl)cc2)ccc1O. The van der Waals surface area contributed by atoms with Gasteiger partial charge in [-0.05, 0) is 78.4 Å². The number of allylic oxidation sites excluding steroid dienone is 3. The molecule has 1 saturated carbocycles. The second-order valence-electron chi connectivity index (χ2n) is 12.1. The second-order valence-corrected chi connectivity index (χ2v) is 12.5. The molecule has 6 unspecified atom stereocenters. The van der Waals surface area contributed by atoms with Crippen molar-refractivity contribution in [3.8, 4) is 11.5 Å². The fraction of sp³-hybridized carbons (Fsp3) is 0.257. The summed E-state index contributed by atoms with van der Waals surface area (Å²) in [6, 6.07) is 17.0. The number of nitrogens with one attached hydrogen (secondary N) is 2. The Kier molecular flexibility index (Phi) is 7.20. The highest BCUT2D eigenvalue weighted by molar-refractivity contribution is 6.30. The third-order valence-electron chi connectivity index (χ3n) is 9.84. The number of rotatable bonds is 6. The highest BCUT2D eigenvalue weighted by atomic mass is 35.5. The standard InChI is InChI=1S/C35H29ClFN3O6/c1-46-29-16-18(3-15-28(29)41)2-14-26-23-12-13-24-30(32(43)38-31(24)42)25(23)17-27-33(44)40(39-22-10-8-21(37)9-11-22)34(45)35(26,27)19-4-6-20(36)7-5-19/h2-12,14-16,24-27,30,39,41H,13,17H2,1H3,(H,38,42,43). The first kappa shape index (κ1) is 29.7. The normalized spacial score (nSPS) is 28.5. The molecular formula is C35H29ClFN3O6. The number of halogens is 2. The maximum Gasteiger partial charge on any atom is 0.260 e. The van der Waals surface area contributed by atoms with Gasteiger partial charge in [-0.25, -0.2) is 4.39 Å². The van der Waals surface area contributed by atoms with Crippen LogP contribution in [0.25, 0.3) is 6.08 Å². The molecule has 7 rings (SSSR count). The molecule has 234 valence electrons. The van der Waals surface area contributed by atoms with Crippen molar-refractivity contribution < 1.29 is 33.4 Å². The molecule has 3 fully saturated rings. The third kappa shape index (κ3) is 4.50. The average Bonchev–Trinajstić information content (AvgIpc) is 3.46. The molecule has 46 heavy (non-hydrogen) atoms. The van der Waals surface area contributed by atoms with Crippen LogP contribution in [0.3, 0.4) is 0 Å². The minimum absolute atomic E-state index is 0.0351. The summed E-state index contributed by atoms with van der Waals surface area (Å²) in [5.41, 5.74) is 3.82. The van der Waals surface area contributed by atoms with Gasteiger partial charge in [0.15, 0.2) is 11.5 Å². The summed E-state index contributed by atoms with van der Waals surface area (Å²) in [6.07, 6.45) is 6.06. The Morgan fingerprint density at radius 2 is 1.76 bits per heavy atom. The van der Waals surface area contributed by atoms with E-state index in [0.29, 0.717) is 28.3 Å². The number of amides is 4. The molecule has 0 spiro atoms. The van der Waals surface area contributed by atoms with Crippen molar-refractivity contribution in [1.82, 2.24) is 10.3 Å². The molecule has 2 aliphatic heterocycles. The van der Waals surface area contributed by atoms with E-state index in [1.807, 2.05) is 12.2 Å². The number of methoxy groups -OCH3 is 1. The van der Waals surface area contributed by atoms with Gasteiger partial charge in [-0.1, -0.05) is 53.6 Å². The number of imide groups is 2. The zero-order chi connectivity index (χ0) is 32.3. The van der Waals surface area contributed by atoms with E-state index in [1.165, 1.54) is 37.4 Å². The molecule has 0 radical (unpaired) electrons. The van der Waals surface area contributed by atoms with Gasteiger partial charge < -0.3 is 9.84 Å². The molecule has 4 amide bonds. The Balaban J connectivity index is 1.42. The summed E-state index contributed by atoms with van der Waals surface area (Å²) in [5.74, 6) is -5.35. The largest absolute Gasteiger partial charge is 0.504 e. The smallest absolute Gasteiger partial charge is 0.260 e. The molecule has 4 aliphatic rings. The predicted molar refractivity (Wildman–Crippen MR) is 167 cm³/mol. The average molecular weight is 642 g/mol. The Morgan fingerprint density at radius 1 is 1.02 bits per heavy atom. The number of carbonyl (C=O) groups is 4. The van der Waals surface area contributed by atoms with Crippen molar-refractivity contribution in [3.63, 3.8) is 0 Å². The summed E-state index contributed by atoms with van der Waals surface area (Å²) in [5, 5.41) is 14.1. The maximum atomic E-state index is 14.9. The van der Waals surface area contributed by atoms with Crippen molar-refractivity contribution >= 4 is 47.0 Å². The minimum atomic E-state index is -1.46. The number of hydrazine groups is 1. The van der Waals surface area contributed by atoms with Crippen LogP contribution in [-0.2, 0) is 24.6 Å². The van der Waals surface area contributed by atoms with Crippen molar-refractivity contribution in [2.45, 2.75) is 18.3 Å². The number of phenols is 1. The van der Waals surface area contributed by atoms with Crippen LogP contribution in [0.2, 0.25) is 5.02 Å². The van der Waals surface area contributed by atoms with Gasteiger partial charge in [0, 0.05) is 10.9 Å². The number of carbonyl (C=O) groups excluding carboxylic acids is 4. The van der Waals surface area contributed by atoms with Crippen LogP contribution in [0, 0.1) is 35.4 Å². The lowest BCUT2D eigenvalue weighted by atomic mass is 9.50. The lowest BCUT2D eigenvalue weighted by Crippen LogP contribution is -2.54. The monoisotopic (exact) mass is 641 g/mol. The number of anilines is 1. The minimum Gasteiger partial charge on any atom is -0.504 e. The highest BCUT2D eigenvalue weighted by Gasteiger charge is 2.69. The number of aromatic hydroxyl groups is 1. The zero-order valence-corrected chi connectivity index (χ0v) is 25.3. The molecule has 0 bridgehead atoms. The van der Waals surface area contributed by atoms with Gasteiger partial charge in [-0.3, -0.25) is 29.9 Å². The number of hydrogen-bond donors (Lipinski definition) is 3. The summed E-state index contributed by atoms with van der Waals surface area (Å²) in [7, 11) is 1.44. The molecule has 9 nitrogen and oxygen atoms in total. The van der Waals surface area contributed by atoms with Gasteiger partial charge in [-0.15, -0.1) is 0 Å². The van der Waals surface area contributed by atoms with Gasteiger partial charge >= 0.3 is 0 Å². The molecule has 6 atom stereocenters. The molecule has 3 aromatic carbocycles. The molecule has 3 aromatic rings. The third-order valence-corrected chi connectivity index (χ3v) is 10.1. The van der Waals surface area contributed by atoms with Gasteiger partial charge in [0.2, 0.25) is 11.8 Å². The number of ether oxygens (including phenoxy) is 1. The number of phenolic OH excluding ortho intramolecular Hbond substituents is 1. The van der Waals surface area contributed by atoms with Crippen LogP contribution in [0.5, 0.6) is 11.5 Å². The fourth-order valence-corrected chi connectivity index (χ4v) is 7.94. The number of nitrogens with zero attached hydrogens (tertiary/aromatic N) is 1. The summed E-state index contributed by atoms with van der Waals surface area (Å²) >= 11 is 6.29. The molecule has 2 aliphatic carbocycles. The van der Waals surface area contributed by atoms with E-state index in [-0.39, 0.29) is 29.7 Å². The zero-order valence-electron chi connectivity index (χ0n) is 24.6. The number of benzene rings is 3. The van der Waals surface area contributed by atoms with Crippen LogP contribution in [0.4, 0.5) is 10.1 Å². The van der Waals surface area contributed by atoms with Crippen LogP contribution in [-0.4, -0.2) is 40.9 Å². The Hall–Kier alpha value is -4.96. The molecule has 2 heterocycles. The molecule has 0 aromatic heterocycles. The van der Waals surface area contributed by atoms with E-state index >= 15 is 0 Å². The fourth-order valence-electron chi connectivity index (χ4n) is 7.82. The first-order valence-electron chi connectivity index (χ1n) is 14.9. The number of fused-ring (bicyclic) bond motifs is 4. The first-order chi connectivity index (χ1) is 22.1. The van der Waals surface area contributed by atoms with Crippen molar-refractivity contribution in [1.29, 1.82) is 0 Å². The Labute approximate surface area is 268 Å². The molecule has 2 saturated heterocycles. The lowest BCUT2D eigenvalue weighted by molar-refractivity contribution is -0.139. The lowest BCUT2D eigenvalue weighted by Gasteiger charge is -2.49. The van der Waals surface area contributed by atoms with Crippen LogP contribution < -0.4 is 15.5 Å². The quantitative estimate of drug-likeness (QED) is 0.255. The Bertz CT molecular complexity index is 1840. The summed E-state index contributed by atoms with van der Waals surface area (Å²) in [4.78, 5) is 55.2. The van der Waals surface area contributed by atoms with E-state index in [9.17, 15) is 28.7 Å². The topological polar surface area (TPSA) is 125 Å². The molecule has 11 heteroatoms. The summed E-state index contributed by atoms with van der Waals surface area (Å²) in [6.45, 7) is 0. The van der Waals surface area contributed by atoms with Crippen molar-refractivity contribution in [2.24, 2.45) is 29.6 Å². The maximum absolute atomic E-state index is 14.9. The highest BCUT2D eigenvalue weighted by Crippen LogP contribution is 2.61. The van der Waals surface area contributed by atoms with Gasteiger partial charge in [-0.2, -0.15) is 5.01 Å². The summed E-state index contributed by atoms with van der Waals surface area (Å²) < 4.78 is 19.0. The van der Waals surface area contributed by atoms with Gasteiger partial charge in [0.05, 0.1) is 36.0 Å². The van der Waals surface area contributed by atoms with Gasteiger partial charge in [0.25, 0.3) is 11.8 Å². The van der Waals surface area contributed by atoms with Crippen LogP contribution in [0.15, 0.2) is 84.5 Å². The van der Waals surface area contributed by atoms with Crippen molar-refractivity contribution in [2.75, 3.05) is 12.5 Å².